The molecule has 0 unspecified atom stereocenters. The first-order valence-corrected chi connectivity index (χ1v) is 10.8. The second-order valence-electron chi connectivity index (χ2n) is 6.74. The number of hydrogen-bond acceptors (Lipinski definition) is 5. The summed E-state index contributed by atoms with van der Waals surface area (Å²) in [4.78, 5) is 25.8. The smallest absolute Gasteiger partial charge is 0.409 e. The molecule has 1 N–H and O–H groups in total. The molecule has 2 aliphatic heterocycles. The van der Waals surface area contributed by atoms with Crippen molar-refractivity contribution in [3.05, 3.63) is 24.3 Å². The van der Waals surface area contributed by atoms with Gasteiger partial charge in [-0.3, -0.25) is 9.10 Å². The molecule has 0 aromatic heterocycles. The average molecular weight is 395 g/mol. The average Bonchev–Trinajstić information content (AvgIpc) is 3.02. The Kier molecular flexibility index (Phi) is 5.88. The summed E-state index contributed by atoms with van der Waals surface area (Å²) in [6, 6.07) is 6.85. The van der Waals surface area contributed by atoms with Gasteiger partial charge in [-0.05, 0) is 50.5 Å². The van der Waals surface area contributed by atoms with E-state index in [1.165, 1.54) is 4.31 Å². The second kappa shape index (κ2) is 8.16. The summed E-state index contributed by atoms with van der Waals surface area (Å²) in [5, 5.41) is 2.88. The number of ether oxygens (including phenoxy) is 1. The number of anilines is 2. The number of piperidine rings is 1. The fourth-order valence-corrected chi connectivity index (χ4v) is 4.99. The number of sulfonamides is 1. The normalized spacial score (nSPS) is 19.7. The van der Waals surface area contributed by atoms with Crippen LogP contribution in [0.15, 0.2) is 24.3 Å². The fourth-order valence-electron chi connectivity index (χ4n) is 3.42. The Morgan fingerprint density at radius 3 is 2.37 bits per heavy atom. The van der Waals surface area contributed by atoms with Crippen molar-refractivity contribution in [2.24, 2.45) is 5.92 Å². The number of carbonyl (C=O) groups is 2. The molecule has 2 fully saturated rings. The molecule has 2 heterocycles. The molecule has 0 saturated carbocycles. The van der Waals surface area contributed by atoms with Crippen molar-refractivity contribution in [2.75, 3.05) is 41.6 Å². The maximum atomic E-state index is 12.5. The van der Waals surface area contributed by atoms with E-state index in [-0.39, 0.29) is 23.7 Å². The molecule has 1 aromatic carbocycles. The predicted octanol–water partition coefficient (Wildman–Crippen LogP) is 2.03. The molecule has 9 heteroatoms. The number of likely N-dealkylation sites (tertiary alicyclic amines) is 1. The first-order valence-electron chi connectivity index (χ1n) is 9.24. The van der Waals surface area contributed by atoms with Crippen molar-refractivity contribution in [3.8, 4) is 0 Å². The molecule has 0 aliphatic carbocycles. The van der Waals surface area contributed by atoms with Gasteiger partial charge >= 0.3 is 6.09 Å². The molecular formula is C18H25N3O5S. The summed E-state index contributed by atoms with van der Waals surface area (Å²) in [6.07, 6.45) is 1.48. The van der Waals surface area contributed by atoms with E-state index in [4.69, 9.17) is 4.74 Å². The topological polar surface area (TPSA) is 96.0 Å². The highest BCUT2D eigenvalue weighted by atomic mass is 32.2. The molecule has 0 bridgehead atoms. The maximum Gasteiger partial charge on any atom is 0.409 e. The molecule has 0 atom stereocenters. The Hall–Kier alpha value is -2.29. The van der Waals surface area contributed by atoms with Gasteiger partial charge in [0.1, 0.15) is 0 Å². The van der Waals surface area contributed by atoms with Gasteiger partial charge in [-0.15, -0.1) is 0 Å². The summed E-state index contributed by atoms with van der Waals surface area (Å²) in [6.45, 7) is 3.61. The summed E-state index contributed by atoms with van der Waals surface area (Å²) < 4.78 is 30.3. The predicted molar refractivity (Wildman–Crippen MR) is 102 cm³/mol. The quantitative estimate of drug-likeness (QED) is 0.842. The van der Waals surface area contributed by atoms with Crippen LogP contribution in [0, 0.1) is 5.92 Å². The van der Waals surface area contributed by atoms with Crippen LogP contribution in [0.4, 0.5) is 16.2 Å². The minimum absolute atomic E-state index is 0.0833. The van der Waals surface area contributed by atoms with Crippen LogP contribution in [-0.2, 0) is 19.6 Å². The number of nitrogens with one attached hydrogen (secondary N) is 1. The van der Waals surface area contributed by atoms with Gasteiger partial charge in [-0.2, -0.15) is 0 Å². The van der Waals surface area contributed by atoms with Gasteiger partial charge in [-0.1, -0.05) is 0 Å². The van der Waals surface area contributed by atoms with E-state index in [1.54, 1.807) is 36.1 Å². The molecular weight excluding hydrogens is 370 g/mol. The number of rotatable bonds is 4. The van der Waals surface area contributed by atoms with E-state index >= 15 is 0 Å². The highest BCUT2D eigenvalue weighted by molar-refractivity contribution is 7.93. The lowest BCUT2D eigenvalue weighted by atomic mass is 9.96. The third kappa shape index (κ3) is 4.52. The zero-order valence-electron chi connectivity index (χ0n) is 15.4. The molecule has 2 saturated heterocycles. The number of amides is 2. The van der Waals surface area contributed by atoms with Crippen LogP contribution >= 0.6 is 0 Å². The van der Waals surface area contributed by atoms with Crippen molar-refractivity contribution in [2.45, 2.75) is 26.2 Å². The van der Waals surface area contributed by atoms with Crippen LogP contribution < -0.4 is 9.62 Å². The number of benzene rings is 1. The van der Waals surface area contributed by atoms with E-state index in [0.29, 0.717) is 56.9 Å². The maximum absolute atomic E-state index is 12.5. The molecule has 27 heavy (non-hydrogen) atoms. The van der Waals surface area contributed by atoms with E-state index < -0.39 is 10.0 Å². The number of carbonyl (C=O) groups excluding carboxylic acids is 2. The van der Waals surface area contributed by atoms with Crippen LogP contribution in [-0.4, -0.2) is 57.3 Å². The Bertz CT molecular complexity index is 786. The molecule has 8 nitrogen and oxygen atoms in total. The van der Waals surface area contributed by atoms with Crippen LogP contribution in [0.2, 0.25) is 0 Å². The van der Waals surface area contributed by atoms with E-state index in [0.717, 1.165) is 0 Å². The van der Waals surface area contributed by atoms with Gasteiger partial charge in [0, 0.05) is 31.2 Å². The first kappa shape index (κ1) is 19.5. The van der Waals surface area contributed by atoms with E-state index in [2.05, 4.69) is 5.32 Å². The zero-order chi connectivity index (χ0) is 19.4. The second-order valence-corrected chi connectivity index (χ2v) is 8.75. The van der Waals surface area contributed by atoms with Crippen molar-refractivity contribution in [1.29, 1.82) is 0 Å². The van der Waals surface area contributed by atoms with Gasteiger partial charge in [0.2, 0.25) is 15.9 Å². The summed E-state index contributed by atoms with van der Waals surface area (Å²) in [7, 11) is -3.21. The lowest BCUT2D eigenvalue weighted by Crippen LogP contribution is -2.41. The van der Waals surface area contributed by atoms with Crippen LogP contribution in [0.1, 0.15) is 26.2 Å². The summed E-state index contributed by atoms with van der Waals surface area (Å²) in [5.74, 6) is -0.0648. The molecule has 3 rings (SSSR count). The molecule has 0 spiro atoms. The third-order valence-corrected chi connectivity index (χ3v) is 6.78. The minimum Gasteiger partial charge on any atom is -0.450 e. The third-order valence-electron chi connectivity index (χ3n) is 4.91. The largest absolute Gasteiger partial charge is 0.450 e. The van der Waals surface area contributed by atoms with E-state index in [9.17, 15) is 18.0 Å². The fraction of sp³-hybridized carbons (Fsp3) is 0.556. The van der Waals surface area contributed by atoms with Crippen LogP contribution in [0.25, 0.3) is 0 Å². The van der Waals surface area contributed by atoms with Crippen molar-refractivity contribution in [3.63, 3.8) is 0 Å². The highest BCUT2D eigenvalue weighted by Gasteiger charge is 2.29. The summed E-state index contributed by atoms with van der Waals surface area (Å²) >= 11 is 0. The Balaban J connectivity index is 1.54. The lowest BCUT2D eigenvalue weighted by Gasteiger charge is -2.30. The first-order chi connectivity index (χ1) is 12.9. The Labute approximate surface area is 159 Å². The van der Waals surface area contributed by atoms with Crippen LogP contribution in [0.3, 0.4) is 0 Å². The summed E-state index contributed by atoms with van der Waals surface area (Å²) in [5.41, 5.74) is 1.25. The van der Waals surface area contributed by atoms with Crippen LogP contribution in [0.5, 0.6) is 0 Å². The lowest BCUT2D eigenvalue weighted by molar-refractivity contribution is -0.121. The molecule has 1 aromatic rings. The van der Waals surface area contributed by atoms with Gasteiger partial charge in [0.15, 0.2) is 0 Å². The molecule has 148 valence electrons. The molecule has 2 aliphatic rings. The Morgan fingerprint density at radius 1 is 1.15 bits per heavy atom. The molecule has 2 amide bonds. The van der Waals surface area contributed by atoms with Crippen molar-refractivity contribution >= 4 is 33.4 Å². The highest BCUT2D eigenvalue weighted by Crippen LogP contribution is 2.26. The van der Waals surface area contributed by atoms with Gasteiger partial charge < -0.3 is 15.0 Å². The van der Waals surface area contributed by atoms with Gasteiger partial charge in [0.05, 0.1) is 18.0 Å². The zero-order valence-corrected chi connectivity index (χ0v) is 16.2. The Morgan fingerprint density at radius 2 is 1.81 bits per heavy atom. The number of nitrogens with zero attached hydrogens (tertiary/aromatic N) is 2. The molecule has 0 radical (unpaired) electrons. The SMILES string of the molecule is CCOC(=O)N1CCC(C(=O)Nc2ccc(N3CCCS3(=O)=O)cc2)CC1. The van der Waals surface area contributed by atoms with Crippen molar-refractivity contribution in [1.82, 2.24) is 4.90 Å². The number of hydrogen-bond donors (Lipinski definition) is 1. The van der Waals surface area contributed by atoms with Crippen molar-refractivity contribution < 1.29 is 22.7 Å². The van der Waals surface area contributed by atoms with E-state index in [1.807, 2.05) is 0 Å². The monoisotopic (exact) mass is 395 g/mol. The minimum atomic E-state index is -3.21. The van der Waals surface area contributed by atoms with Gasteiger partial charge in [-0.25, -0.2) is 13.2 Å². The van der Waals surface area contributed by atoms with Gasteiger partial charge in [0.25, 0.3) is 0 Å². The standard InChI is InChI=1S/C18H25N3O5S/c1-2-26-18(23)20-11-8-14(9-12-20)17(22)19-15-4-6-16(7-5-15)21-10-3-13-27(21,24)25/h4-7,14H,2-3,8-13H2,1H3,(H,19,22).